The molecule has 2 N–H and O–H groups in total. The van der Waals surface area contributed by atoms with E-state index in [0.29, 0.717) is 17.0 Å². The number of nitrogens with zero attached hydrogens (tertiary/aromatic N) is 3. The van der Waals surface area contributed by atoms with Crippen LogP contribution in [-0.2, 0) is 16.4 Å². The molecule has 4 rings (SSSR count). The fourth-order valence-corrected chi connectivity index (χ4v) is 5.70. The van der Waals surface area contributed by atoms with Crippen LogP contribution in [0.5, 0.6) is 5.75 Å². The molecule has 1 aliphatic heterocycles. The minimum atomic E-state index is -4.48. The number of carbonyl (C=O) groups is 1. The van der Waals surface area contributed by atoms with Crippen molar-refractivity contribution in [2.24, 2.45) is 5.92 Å². The maximum absolute atomic E-state index is 13.4. The second-order valence-corrected chi connectivity index (χ2v) is 12.4. The van der Waals surface area contributed by atoms with Gasteiger partial charge in [-0.25, -0.2) is 13.4 Å². The van der Waals surface area contributed by atoms with Gasteiger partial charge in [-0.15, -0.1) is 0 Å². The van der Waals surface area contributed by atoms with Crippen LogP contribution in [0.4, 0.5) is 18.9 Å². The molecule has 0 saturated carbocycles. The third kappa shape index (κ3) is 7.54. The Bertz CT molecular complexity index is 1630. The molecule has 2 aromatic carbocycles. The number of amides is 1. The van der Waals surface area contributed by atoms with Crippen molar-refractivity contribution in [1.29, 1.82) is 0 Å². The van der Waals surface area contributed by atoms with E-state index in [1.807, 2.05) is 0 Å². The molecule has 0 aliphatic carbocycles. The maximum Gasteiger partial charge on any atom is 0.406 e. The zero-order valence-electron chi connectivity index (χ0n) is 23.9. The summed E-state index contributed by atoms with van der Waals surface area (Å²) in [5.74, 6) is 6.01. The largest absolute Gasteiger partial charge is 0.495 e. The molecule has 1 fully saturated rings. The smallest absolute Gasteiger partial charge is 0.406 e. The van der Waals surface area contributed by atoms with Gasteiger partial charge in [0.05, 0.1) is 41.6 Å². The first-order chi connectivity index (χ1) is 19.8. The van der Waals surface area contributed by atoms with Crippen molar-refractivity contribution in [2.45, 2.75) is 43.9 Å². The van der Waals surface area contributed by atoms with Crippen molar-refractivity contribution < 1.29 is 31.1 Å². The third-order valence-electron chi connectivity index (χ3n) is 7.27. The average molecular weight is 606 g/mol. The quantitative estimate of drug-likeness (QED) is 0.375. The van der Waals surface area contributed by atoms with E-state index in [1.54, 1.807) is 0 Å². The minimum Gasteiger partial charge on any atom is -0.495 e. The normalized spacial score (nSPS) is 17.9. The number of fused-ring (bicyclic) bond motifs is 1. The number of ether oxygens (including phenoxy) is 1. The van der Waals surface area contributed by atoms with E-state index in [9.17, 15) is 26.4 Å². The van der Waals surface area contributed by atoms with E-state index in [0.717, 1.165) is 43.2 Å². The molecular formula is C29H34F3N5O4S. The molecule has 13 heteroatoms. The van der Waals surface area contributed by atoms with Gasteiger partial charge in [0.25, 0.3) is 5.91 Å². The van der Waals surface area contributed by atoms with Crippen molar-refractivity contribution >= 4 is 32.5 Å². The first-order valence-corrected chi connectivity index (χ1v) is 15.4. The van der Waals surface area contributed by atoms with Gasteiger partial charge in [0.2, 0.25) is 0 Å². The molecule has 1 aromatic heterocycles. The second-order valence-electron chi connectivity index (χ2n) is 10.4. The van der Waals surface area contributed by atoms with Crippen LogP contribution < -0.4 is 15.4 Å². The maximum atomic E-state index is 13.4. The second kappa shape index (κ2) is 12.6. The lowest BCUT2D eigenvalue weighted by atomic mass is 9.93. The molecule has 0 radical (unpaired) electrons. The Morgan fingerprint density at radius 2 is 2.00 bits per heavy atom. The Hall–Kier alpha value is -3.76. The Morgan fingerprint density at radius 3 is 2.64 bits per heavy atom. The third-order valence-corrected chi connectivity index (χ3v) is 8.38. The topological polar surface area (TPSA) is 106 Å². The summed E-state index contributed by atoms with van der Waals surface area (Å²) in [6.07, 6.45) is -1.54. The molecule has 226 valence electrons. The first kappa shape index (κ1) is 31.2. The van der Waals surface area contributed by atoms with E-state index in [-0.39, 0.29) is 40.0 Å². The van der Waals surface area contributed by atoms with Crippen LogP contribution in [0, 0.1) is 17.8 Å². The summed E-state index contributed by atoms with van der Waals surface area (Å²) in [6, 6.07) is 7.33. The summed E-state index contributed by atoms with van der Waals surface area (Å²) < 4.78 is 70.0. The highest BCUT2D eigenvalue weighted by molar-refractivity contribution is 7.90. The number of alkyl halides is 3. The average Bonchev–Trinajstić information content (AvgIpc) is 3.31. The minimum absolute atomic E-state index is 0.0679. The van der Waals surface area contributed by atoms with Crippen LogP contribution >= 0.6 is 0 Å². The number of halogens is 3. The molecule has 3 aromatic rings. The number of sulfone groups is 1. The summed E-state index contributed by atoms with van der Waals surface area (Å²) in [7, 11) is -2.00. The zero-order valence-corrected chi connectivity index (χ0v) is 24.7. The molecule has 0 spiro atoms. The van der Waals surface area contributed by atoms with Gasteiger partial charge < -0.3 is 24.8 Å². The van der Waals surface area contributed by atoms with Gasteiger partial charge in [0.1, 0.15) is 17.8 Å². The molecule has 9 nitrogen and oxygen atoms in total. The number of hydrogen-bond donors (Lipinski definition) is 2. The van der Waals surface area contributed by atoms with E-state index in [2.05, 4.69) is 46.2 Å². The number of imidazole rings is 1. The van der Waals surface area contributed by atoms with Crippen LogP contribution in [0.3, 0.4) is 0 Å². The molecule has 0 bridgehead atoms. The number of piperidine rings is 1. The fraction of sp³-hybridized carbons (Fsp3) is 0.448. The van der Waals surface area contributed by atoms with Crippen LogP contribution in [0.15, 0.2) is 41.6 Å². The molecule has 1 amide bonds. The van der Waals surface area contributed by atoms with Gasteiger partial charge in [-0.2, -0.15) is 13.2 Å². The zero-order chi connectivity index (χ0) is 30.7. The summed E-state index contributed by atoms with van der Waals surface area (Å²) in [5, 5.41) is 6.08. The van der Waals surface area contributed by atoms with Crippen molar-refractivity contribution in [2.75, 3.05) is 44.9 Å². The van der Waals surface area contributed by atoms with Crippen LogP contribution in [-0.4, -0.2) is 80.5 Å². The first-order valence-electron chi connectivity index (χ1n) is 13.5. The number of aromatic nitrogens is 2. The lowest BCUT2D eigenvalue weighted by Crippen LogP contribution is -2.49. The highest BCUT2D eigenvalue weighted by Crippen LogP contribution is 2.28. The SMILES string of the molecule is CCN1CC[C@H](NC(=O)c2cc(C#CCNc3cc(S(C)(=O)=O)ccc3OC)cc3c2ncn3CC(F)(F)F)[C@@H](C)C1. The highest BCUT2D eigenvalue weighted by Gasteiger charge is 2.30. The Kier molecular flexibility index (Phi) is 9.37. The number of likely N-dealkylation sites (tertiary alicyclic amines) is 1. The fourth-order valence-electron chi connectivity index (χ4n) is 5.05. The van der Waals surface area contributed by atoms with E-state index < -0.39 is 28.5 Å². The van der Waals surface area contributed by atoms with E-state index in [1.165, 1.54) is 37.4 Å². The van der Waals surface area contributed by atoms with Crippen LogP contribution in [0.25, 0.3) is 11.0 Å². The predicted molar refractivity (Wildman–Crippen MR) is 154 cm³/mol. The van der Waals surface area contributed by atoms with E-state index in [4.69, 9.17) is 4.74 Å². The van der Waals surface area contributed by atoms with Crippen molar-refractivity contribution in [3.63, 3.8) is 0 Å². The van der Waals surface area contributed by atoms with Gasteiger partial charge >= 0.3 is 6.18 Å². The number of methoxy groups -OCH3 is 1. The molecule has 42 heavy (non-hydrogen) atoms. The monoisotopic (exact) mass is 605 g/mol. The summed E-state index contributed by atoms with van der Waals surface area (Å²) in [4.78, 5) is 20.0. The van der Waals surface area contributed by atoms with E-state index >= 15 is 0 Å². The lowest BCUT2D eigenvalue weighted by Gasteiger charge is -2.36. The molecule has 1 saturated heterocycles. The molecule has 1 aliphatic rings. The highest BCUT2D eigenvalue weighted by atomic mass is 32.2. The number of hydrogen-bond acceptors (Lipinski definition) is 7. The van der Waals surface area contributed by atoms with Gasteiger partial charge in [-0.1, -0.05) is 25.7 Å². The molecular weight excluding hydrogens is 571 g/mol. The number of benzene rings is 2. The van der Waals surface area contributed by atoms with Crippen molar-refractivity contribution in [1.82, 2.24) is 19.8 Å². The lowest BCUT2D eigenvalue weighted by molar-refractivity contribution is -0.139. The summed E-state index contributed by atoms with van der Waals surface area (Å²) in [5.41, 5.74) is 1.22. The van der Waals surface area contributed by atoms with Crippen molar-refractivity contribution in [3.8, 4) is 17.6 Å². The van der Waals surface area contributed by atoms with Gasteiger partial charge in [-0.3, -0.25) is 4.79 Å². The predicted octanol–water partition coefficient (Wildman–Crippen LogP) is 3.93. The van der Waals surface area contributed by atoms with Crippen LogP contribution in [0.1, 0.15) is 36.2 Å². The standard InChI is InChI=1S/C29H34F3N5O4S/c1-5-36-12-10-23(19(2)16-36)35-28(38)22-13-20(14-25-27(22)34-18-37(25)17-29(30,31)32)7-6-11-33-24-15-21(42(4,39)40)8-9-26(24)41-3/h8-9,13-15,18-19,23,33H,5,10-12,16-17H2,1-4H3,(H,35,38)/t19-,23-/m0/s1. The number of rotatable bonds is 8. The summed E-state index contributed by atoms with van der Waals surface area (Å²) in [6.45, 7) is 5.57. The number of anilines is 1. The molecule has 2 atom stereocenters. The van der Waals surface area contributed by atoms with Gasteiger partial charge in [0.15, 0.2) is 9.84 Å². The van der Waals surface area contributed by atoms with Crippen molar-refractivity contribution in [3.05, 3.63) is 47.8 Å². The van der Waals surface area contributed by atoms with Gasteiger partial charge in [-0.05, 0) is 49.2 Å². The Morgan fingerprint density at radius 1 is 1.24 bits per heavy atom. The molecule has 0 unspecified atom stereocenters. The Labute approximate surface area is 243 Å². The molecule has 2 heterocycles. The van der Waals surface area contributed by atoms with Crippen LogP contribution in [0.2, 0.25) is 0 Å². The number of nitrogens with one attached hydrogen (secondary N) is 2. The number of carbonyl (C=O) groups excluding carboxylic acids is 1. The summed E-state index contributed by atoms with van der Waals surface area (Å²) >= 11 is 0. The Balaban J connectivity index is 1.62. The van der Waals surface area contributed by atoms with Gasteiger partial charge in [0, 0.05) is 31.0 Å².